The van der Waals surface area contributed by atoms with E-state index >= 15 is 0 Å². The molecule has 0 spiro atoms. The highest BCUT2D eigenvalue weighted by Gasteiger charge is 2.36. The molecule has 1 amide bonds. The maximum atomic E-state index is 12.4. The van der Waals surface area contributed by atoms with Crippen LogP contribution in [-0.4, -0.2) is 23.4 Å². The summed E-state index contributed by atoms with van der Waals surface area (Å²) in [5.74, 6) is 1.12. The van der Waals surface area contributed by atoms with Gasteiger partial charge in [0.25, 0.3) is 0 Å². The number of likely N-dealkylation sites (tertiary alicyclic amines) is 1. The predicted molar refractivity (Wildman–Crippen MR) is 70.4 cm³/mol. The van der Waals surface area contributed by atoms with Crippen LogP contribution in [0.4, 0.5) is 0 Å². The number of piperidine rings is 1. The largest absolute Gasteiger partial charge is 0.339 e. The fourth-order valence-corrected chi connectivity index (χ4v) is 3.45. The molecular weight excluding hydrogens is 210 g/mol. The highest BCUT2D eigenvalue weighted by atomic mass is 16.2. The summed E-state index contributed by atoms with van der Waals surface area (Å²) < 4.78 is 0. The van der Waals surface area contributed by atoms with Crippen molar-refractivity contribution in [3.63, 3.8) is 0 Å². The van der Waals surface area contributed by atoms with Crippen LogP contribution in [0.5, 0.6) is 0 Å². The smallest absolute Gasteiger partial charge is 0.223 e. The second-order valence-corrected chi connectivity index (χ2v) is 6.68. The minimum absolute atomic E-state index is 0.126. The summed E-state index contributed by atoms with van der Waals surface area (Å²) in [6, 6.07) is 0.548. The molecule has 0 aromatic carbocycles. The predicted octanol–water partition coefficient (Wildman–Crippen LogP) is 3.42. The maximum Gasteiger partial charge on any atom is 0.223 e. The zero-order chi connectivity index (χ0) is 12.5. The van der Waals surface area contributed by atoms with Crippen LogP contribution < -0.4 is 0 Å². The van der Waals surface area contributed by atoms with Crippen molar-refractivity contribution in [2.75, 3.05) is 6.54 Å². The summed E-state index contributed by atoms with van der Waals surface area (Å²) in [4.78, 5) is 14.5. The van der Waals surface area contributed by atoms with Crippen molar-refractivity contribution in [1.82, 2.24) is 4.90 Å². The Kier molecular flexibility index (Phi) is 3.79. The Balaban J connectivity index is 2.01. The Morgan fingerprint density at radius 2 is 1.88 bits per heavy atom. The lowest BCUT2D eigenvalue weighted by Crippen LogP contribution is -2.50. The second-order valence-electron chi connectivity index (χ2n) is 6.68. The van der Waals surface area contributed by atoms with E-state index in [1.807, 2.05) is 13.8 Å². The molecule has 2 unspecified atom stereocenters. The molecule has 2 heteroatoms. The van der Waals surface area contributed by atoms with E-state index in [2.05, 4.69) is 11.8 Å². The van der Waals surface area contributed by atoms with Crippen LogP contribution in [0.3, 0.4) is 0 Å². The fourth-order valence-electron chi connectivity index (χ4n) is 3.45. The van der Waals surface area contributed by atoms with Crippen LogP contribution >= 0.6 is 0 Å². The molecule has 1 saturated heterocycles. The van der Waals surface area contributed by atoms with Gasteiger partial charge in [-0.1, -0.05) is 26.7 Å². The molecule has 1 aliphatic heterocycles. The summed E-state index contributed by atoms with van der Waals surface area (Å²) in [6.45, 7) is 9.14. The summed E-state index contributed by atoms with van der Waals surface area (Å²) in [5.41, 5.74) is -0.126. The van der Waals surface area contributed by atoms with Crippen molar-refractivity contribution in [3.05, 3.63) is 6.92 Å². The van der Waals surface area contributed by atoms with E-state index in [1.54, 1.807) is 0 Å². The van der Waals surface area contributed by atoms with E-state index in [0.717, 1.165) is 12.5 Å². The molecule has 1 heterocycles. The van der Waals surface area contributed by atoms with Gasteiger partial charge in [-0.15, -0.1) is 0 Å². The average molecular weight is 236 g/mol. The van der Waals surface area contributed by atoms with Gasteiger partial charge in [0.2, 0.25) is 5.91 Å². The van der Waals surface area contributed by atoms with E-state index in [1.165, 1.54) is 38.5 Å². The van der Waals surface area contributed by atoms with E-state index in [0.29, 0.717) is 18.4 Å². The lowest BCUT2D eigenvalue weighted by atomic mass is 9.78. The van der Waals surface area contributed by atoms with Gasteiger partial charge in [0.1, 0.15) is 0 Å². The van der Waals surface area contributed by atoms with Gasteiger partial charge in [0.05, 0.1) is 0 Å². The molecule has 1 radical (unpaired) electrons. The molecule has 1 saturated carbocycles. The van der Waals surface area contributed by atoms with Crippen LogP contribution in [0.15, 0.2) is 0 Å². The van der Waals surface area contributed by atoms with Gasteiger partial charge in [0.15, 0.2) is 0 Å². The summed E-state index contributed by atoms with van der Waals surface area (Å²) in [7, 11) is 0. The van der Waals surface area contributed by atoms with Crippen molar-refractivity contribution in [3.8, 4) is 0 Å². The number of carbonyl (C=O) groups excluding carboxylic acids is 1. The standard InChI is InChI=1S/C15H26NO/c1-15(2,3)11-14(17)16-10-6-8-12-7-4-5-9-13(12)16/h12-13H,1,4-11H2,2-3H3. The first-order valence-corrected chi connectivity index (χ1v) is 7.12. The Labute approximate surface area is 106 Å². The van der Waals surface area contributed by atoms with Crippen molar-refractivity contribution in [2.45, 2.75) is 64.8 Å². The molecule has 0 bridgehead atoms. The number of hydrogen-bond acceptors (Lipinski definition) is 1. The van der Waals surface area contributed by atoms with Crippen molar-refractivity contribution < 1.29 is 4.79 Å². The zero-order valence-corrected chi connectivity index (χ0v) is 11.4. The molecule has 17 heavy (non-hydrogen) atoms. The maximum absolute atomic E-state index is 12.4. The van der Waals surface area contributed by atoms with Crippen molar-refractivity contribution in [2.24, 2.45) is 11.3 Å². The number of amides is 1. The van der Waals surface area contributed by atoms with Gasteiger partial charge < -0.3 is 4.90 Å². The van der Waals surface area contributed by atoms with Gasteiger partial charge >= 0.3 is 0 Å². The Morgan fingerprint density at radius 1 is 1.24 bits per heavy atom. The number of nitrogens with zero attached hydrogens (tertiary/aromatic N) is 1. The highest BCUT2D eigenvalue weighted by Crippen LogP contribution is 2.36. The van der Waals surface area contributed by atoms with Crippen LogP contribution in [0.2, 0.25) is 0 Å². The quantitative estimate of drug-likeness (QED) is 0.719. The number of fused-ring (bicyclic) bond motifs is 1. The van der Waals surface area contributed by atoms with Crippen LogP contribution in [0.1, 0.15) is 58.8 Å². The molecule has 0 N–H and O–H groups in total. The third-order valence-corrected chi connectivity index (χ3v) is 4.19. The minimum Gasteiger partial charge on any atom is -0.339 e. The number of hydrogen-bond donors (Lipinski definition) is 0. The Morgan fingerprint density at radius 3 is 2.59 bits per heavy atom. The summed E-state index contributed by atoms with van der Waals surface area (Å²) >= 11 is 0. The molecule has 2 rings (SSSR count). The Bertz CT molecular complexity index is 277. The van der Waals surface area contributed by atoms with Crippen molar-refractivity contribution in [1.29, 1.82) is 0 Å². The first-order valence-electron chi connectivity index (χ1n) is 7.12. The first-order chi connectivity index (χ1) is 7.97. The molecule has 97 valence electrons. The highest BCUT2D eigenvalue weighted by molar-refractivity contribution is 5.77. The molecule has 2 atom stereocenters. The molecule has 0 aromatic rings. The van der Waals surface area contributed by atoms with E-state index in [4.69, 9.17) is 0 Å². The lowest BCUT2D eigenvalue weighted by molar-refractivity contribution is -0.139. The monoisotopic (exact) mass is 236 g/mol. The van der Waals surface area contributed by atoms with Gasteiger partial charge in [-0.3, -0.25) is 4.79 Å². The van der Waals surface area contributed by atoms with E-state index < -0.39 is 0 Å². The third-order valence-electron chi connectivity index (χ3n) is 4.19. The van der Waals surface area contributed by atoms with Crippen LogP contribution in [0.25, 0.3) is 0 Å². The molecule has 0 aromatic heterocycles. The van der Waals surface area contributed by atoms with Crippen LogP contribution in [0, 0.1) is 18.3 Å². The molecule has 2 fully saturated rings. The number of carbonyl (C=O) groups is 1. The first kappa shape index (κ1) is 12.9. The second kappa shape index (κ2) is 4.99. The summed E-state index contributed by atoms with van der Waals surface area (Å²) in [6.07, 6.45) is 8.36. The average Bonchev–Trinajstić information content (AvgIpc) is 2.26. The molecule has 2 aliphatic rings. The van der Waals surface area contributed by atoms with E-state index in [-0.39, 0.29) is 5.41 Å². The van der Waals surface area contributed by atoms with E-state index in [9.17, 15) is 4.79 Å². The normalized spacial score (nSPS) is 29.9. The van der Waals surface area contributed by atoms with Crippen LogP contribution in [-0.2, 0) is 4.79 Å². The molecule has 2 nitrogen and oxygen atoms in total. The molecular formula is C15H26NO. The van der Waals surface area contributed by atoms with Gasteiger partial charge in [-0.05, 0) is 43.9 Å². The van der Waals surface area contributed by atoms with Crippen molar-refractivity contribution >= 4 is 5.91 Å². The molecule has 1 aliphatic carbocycles. The Hall–Kier alpha value is -0.530. The lowest BCUT2D eigenvalue weighted by Gasteiger charge is -2.44. The fraction of sp³-hybridized carbons (Fsp3) is 0.867. The number of rotatable bonds is 2. The van der Waals surface area contributed by atoms with Gasteiger partial charge in [-0.25, -0.2) is 0 Å². The summed E-state index contributed by atoms with van der Waals surface area (Å²) in [5, 5.41) is 0. The topological polar surface area (TPSA) is 20.3 Å². The third kappa shape index (κ3) is 3.23. The van der Waals surface area contributed by atoms with Gasteiger partial charge in [-0.2, -0.15) is 0 Å². The van der Waals surface area contributed by atoms with Gasteiger partial charge in [0, 0.05) is 19.0 Å². The SMILES string of the molecule is [CH2]C(C)(C)CC(=O)N1CCCC2CCCCC21. The minimum atomic E-state index is -0.126. The zero-order valence-electron chi connectivity index (χ0n) is 11.4.